The highest BCUT2D eigenvalue weighted by molar-refractivity contribution is 8.01. The Labute approximate surface area is 154 Å². The van der Waals surface area contributed by atoms with E-state index in [1.54, 1.807) is 0 Å². The van der Waals surface area contributed by atoms with Gasteiger partial charge in [-0.1, -0.05) is 47.2 Å². The van der Waals surface area contributed by atoms with Crippen molar-refractivity contribution in [2.24, 2.45) is 5.92 Å². The number of aryl methyl sites for hydroxylation is 2. The Morgan fingerprint density at radius 1 is 1.24 bits per heavy atom. The van der Waals surface area contributed by atoms with Crippen molar-refractivity contribution in [1.82, 2.24) is 10.2 Å². The van der Waals surface area contributed by atoms with E-state index < -0.39 is 0 Å². The molecule has 0 atom stereocenters. The summed E-state index contributed by atoms with van der Waals surface area (Å²) >= 11 is 2.61. The number of carbonyl (C=O) groups is 2. The predicted octanol–water partition coefficient (Wildman–Crippen LogP) is 3.62. The zero-order valence-corrected chi connectivity index (χ0v) is 15.8. The molecule has 6 nitrogen and oxygen atoms in total. The minimum absolute atomic E-state index is 0.0199. The van der Waals surface area contributed by atoms with Crippen LogP contribution in [0.25, 0.3) is 0 Å². The normalized spacial score (nSPS) is 14.0. The number of hydrogen-bond acceptors (Lipinski definition) is 6. The SMILES string of the molecule is Cc1ccc(NC(=O)CSc2nnc(NC(=O)C3CCC3)s2)c(C)c1. The molecule has 0 bridgehead atoms. The van der Waals surface area contributed by atoms with Crippen molar-refractivity contribution in [1.29, 1.82) is 0 Å². The number of carbonyl (C=O) groups excluding carboxylic acids is 2. The molecule has 0 aliphatic heterocycles. The first-order valence-corrected chi connectivity index (χ1v) is 9.96. The van der Waals surface area contributed by atoms with E-state index in [0.29, 0.717) is 9.47 Å². The first kappa shape index (κ1) is 17.9. The number of aromatic nitrogens is 2. The minimum Gasteiger partial charge on any atom is -0.325 e. The molecule has 1 saturated carbocycles. The molecule has 2 aromatic rings. The Morgan fingerprint density at radius 3 is 2.72 bits per heavy atom. The van der Waals surface area contributed by atoms with Gasteiger partial charge in [-0.2, -0.15) is 0 Å². The fourth-order valence-electron chi connectivity index (χ4n) is 2.46. The second-order valence-corrected chi connectivity index (χ2v) is 8.35. The van der Waals surface area contributed by atoms with Gasteiger partial charge in [-0.3, -0.25) is 9.59 Å². The maximum Gasteiger partial charge on any atom is 0.234 e. The number of hydrogen-bond donors (Lipinski definition) is 2. The van der Waals surface area contributed by atoms with Gasteiger partial charge in [0, 0.05) is 11.6 Å². The number of anilines is 2. The second kappa shape index (κ2) is 7.97. The van der Waals surface area contributed by atoms with Crippen LogP contribution in [0.4, 0.5) is 10.8 Å². The van der Waals surface area contributed by atoms with Crippen molar-refractivity contribution in [3.63, 3.8) is 0 Å². The van der Waals surface area contributed by atoms with Gasteiger partial charge in [0.15, 0.2) is 4.34 Å². The molecule has 1 aromatic heterocycles. The molecular formula is C17H20N4O2S2. The molecular weight excluding hydrogens is 356 g/mol. The monoisotopic (exact) mass is 376 g/mol. The standard InChI is InChI=1S/C17H20N4O2S2/c1-10-6-7-13(11(2)8-10)18-14(22)9-24-17-21-20-16(25-17)19-15(23)12-4-3-5-12/h6-8,12H,3-5,9H2,1-2H3,(H,18,22)(H,19,20,23). The van der Waals surface area contributed by atoms with E-state index in [1.165, 1.54) is 23.1 Å². The van der Waals surface area contributed by atoms with Crippen molar-refractivity contribution in [2.75, 3.05) is 16.4 Å². The topological polar surface area (TPSA) is 84.0 Å². The van der Waals surface area contributed by atoms with E-state index in [0.717, 1.165) is 36.1 Å². The molecule has 8 heteroatoms. The lowest BCUT2D eigenvalue weighted by Crippen LogP contribution is -2.27. The Morgan fingerprint density at radius 2 is 2.04 bits per heavy atom. The molecule has 1 aromatic carbocycles. The first-order valence-electron chi connectivity index (χ1n) is 8.15. The summed E-state index contributed by atoms with van der Waals surface area (Å²) in [4.78, 5) is 24.0. The summed E-state index contributed by atoms with van der Waals surface area (Å²) in [5.41, 5.74) is 3.02. The van der Waals surface area contributed by atoms with Crippen molar-refractivity contribution in [2.45, 2.75) is 37.4 Å². The molecule has 0 saturated heterocycles. The molecule has 1 heterocycles. The largest absolute Gasteiger partial charge is 0.325 e. The van der Waals surface area contributed by atoms with Gasteiger partial charge in [0.1, 0.15) is 0 Å². The number of nitrogens with zero attached hydrogens (tertiary/aromatic N) is 2. The molecule has 1 aliphatic carbocycles. The third-order valence-electron chi connectivity index (χ3n) is 4.10. The Bertz CT molecular complexity index is 787. The van der Waals surface area contributed by atoms with E-state index in [4.69, 9.17) is 0 Å². The van der Waals surface area contributed by atoms with Crippen LogP contribution in [0.2, 0.25) is 0 Å². The smallest absolute Gasteiger partial charge is 0.234 e. The second-order valence-electron chi connectivity index (χ2n) is 6.15. The Kier molecular flexibility index (Phi) is 5.70. The molecule has 132 valence electrons. The Balaban J connectivity index is 1.48. The van der Waals surface area contributed by atoms with Gasteiger partial charge in [-0.15, -0.1) is 10.2 Å². The lowest BCUT2D eigenvalue weighted by atomic mass is 9.85. The third kappa shape index (κ3) is 4.79. The third-order valence-corrected chi connectivity index (χ3v) is 6.07. The minimum atomic E-state index is -0.0905. The van der Waals surface area contributed by atoms with Gasteiger partial charge in [-0.25, -0.2) is 0 Å². The van der Waals surface area contributed by atoms with Crippen LogP contribution >= 0.6 is 23.1 Å². The molecule has 1 aliphatic rings. The van der Waals surface area contributed by atoms with Gasteiger partial charge in [-0.05, 0) is 38.3 Å². The molecule has 25 heavy (non-hydrogen) atoms. The van der Waals surface area contributed by atoms with Gasteiger partial charge < -0.3 is 10.6 Å². The number of thioether (sulfide) groups is 1. The van der Waals surface area contributed by atoms with E-state index in [2.05, 4.69) is 20.8 Å². The maximum atomic E-state index is 12.1. The molecule has 2 N–H and O–H groups in total. The summed E-state index contributed by atoms with van der Waals surface area (Å²) in [5.74, 6) is 0.292. The van der Waals surface area contributed by atoms with E-state index in [9.17, 15) is 9.59 Å². The number of rotatable bonds is 6. The predicted molar refractivity (Wildman–Crippen MR) is 101 cm³/mol. The molecule has 2 amide bonds. The fraction of sp³-hybridized carbons (Fsp3) is 0.412. The molecule has 0 radical (unpaired) electrons. The summed E-state index contributed by atoms with van der Waals surface area (Å²) in [6.07, 6.45) is 3.01. The van der Waals surface area contributed by atoms with Crippen molar-refractivity contribution in [3.8, 4) is 0 Å². The summed E-state index contributed by atoms with van der Waals surface area (Å²) in [7, 11) is 0. The van der Waals surface area contributed by atoms with Crippen molar-refractivity contribution in [3.05, 3.63) is 29.3 Å². The lowest BCUT2D eigenvalue weighted by molar-refractivity contribution is -0.122. The van der Waals surface area contributed by atoms with Crippen LogP contribution in [-0.4, -0.2) is 27.8 Å². The van der Waals surface area contributed by atoms with Gasteiger partial charge in [0.05, 0.1) is 5.75 Å². The van der Waals surface area contributed by atoms with Crippen LogP contribution in [-0.2, 0) is 9.59 Å². The van der Waals surface area contributed by atoms with Crippen LogP contribution in [0.1, 0.15) is 30.4 Å². The molecule has 0 spiro atoms. The van der Waals surface area contributed by atoms with E-state index >= 15 is 0 Å². The van der Waals surface area contributed by atoms with Crippen molar-refractivity contribution < 1.29 is 9.59 Å². The average Bonchev–Trinajstić information content (AvgIpc) is 2.94. The average molecular weight is 377 g/mol. The number of nitrogens with one attached hydrogen (secondary N) is 2. The highest BCUT2D eigenvalue weighted by atomic mass is 32.2. The van der Waals surface area contributed by atoms with Crippen LogP contribution in [0.15, 0.2) is 22.5 Å². The lowest BCUT2D eigenvalue weighted by Gasteiger charge is -2.23. The van der Waals surface area contributed by atoms with Crippen LogP contribution in [0, 0.1) is 19.8 Å². The molecule has 1 fully saturated rings. The summed E-state index contributed by atoms with van der Waals surface area (Å²) in [5, 5.41) is 14.2. The maximum absolute atomic E-state index is 12.1. The van der Waals surface area contributed by atoms with Crippen molar-refractivity contribution >= 4 is 45.7 Å². The zero-order chi connectivity index (χ0) is 17.8. The van der Waals surface area contributed by atoms with Crippen LogP contribution in [0.3, 0.4) is 0 Å². The first-order chi connectivity index (χ1) is 12.0. The fourth-order valence-corrected chi connectivity index (χ4v) is 4.02. The van der Waals surface area contributed by atoms with Crippen LogP contribution < -0.4 is 10.6 Å². The van der Waals surface area contributed by atoms with E-state index in [1.807, 2.05) is 32.0 Å². The van der Waals surface area contributed by atoms with Gasteiger partial charge >= 0.3 is 0 Å². The summed E-state index contributed by atoms with van der Waals surface area (Å²) in [6.45, 7) is 3.99. The number of amides is 2. The quantitative estimate of drug-likeness (QED) is 0.594. The van der Waals surface area contributed by atoms with Gasteiger partial charge in [0.25, 0.3) is 0 Å². The van der Waals surface area contributed by atoms with E-state index in [-0.39, 0.29) is 23.5 Å². The number of benzene rings is 1. The summed E-state index contributed by atoms with van der Waals surface area (Å²) < 4.78 is 0.666. The highest BCUT2D eigenvalue weighted by Gasteiger charge is 2.26. The zero-order valence-electron chi connectivity index (χ0n) is 14.2. The molecule has 0 unspecified atom stereocenters. The Hall–Kier alpha value is -1.93. The van der Waals surface area contributed by atoms with Crippen LogP contribution in [0.5, 0.6) is 0 Å². The van der Waals surface area contributed by atoms with Gasteiger partial charge in [0.2, 0.25) is 16.9 Å². The highest BCUT2D eigenvalue weighted by Crippen LogP contribution is 2.30. The summed E-state index contributed by atoms with van der Waals surface area (Å²) in [6, 6.07) is 5.91. The molecule has 3 rings (SSSR count).